The van der Waals surface area contributed by atoms with Crippen LogP contribution in [0.4, 0.5) is 0 Å². The fourth-order valence-corrected chi connectivity index (χ4v) is 1.20. The van der Waals surface area contributed by atoms with E-state index in [1.165, 1.54) is 5.56 Å². The maximum Gasteiger partial charge on any atom is 0.0717 e. The molecule has 0 aromatic heterocycles. The van der Waals surface area contributed by atoms with E-state index in [2.05, 4.69) is 6.58 Å². The van der Waals surface area contributed by atoms with Gasteiger partial charge in [-0.05, 0) is 11.1 Å². The molecule has 0 aliphatic rings. The van der Waals surface area contributed by atoms with Gasteiger partial charge in [0.1, 0.15) is 0 Å². The summed E-state index contributed by atoms with van der Waals surface area (Å²) in [4.78, 5) is 0. The minimum absolute atomic E-state index is 0.0376. The first-order chi connectivity index (χ1) is 7.24. The quantitative estimate of drug-likeness (QED) is 0.724. The van der Waals surface area contributed by atoms with Crippen molar-refractivity contribution in [1.29, 1.82) is 0 Å². The van der Waals surface area contributed by atoms with E-state index in [4.69, 9.17) is 9.84 Å². The highest BCUT2D eigenvalue weighted by atomic mass is 16.5. The molecule has 0 spiro atoms. The van der Waals surface area contributed by atoms with Crippen LogP contribution in [0.1, 0.15) is 12.5 Å². The van der Waals surface area contributed by atoms with Gasteiger partial charge in [0.25, 0.3) is 0 Å². The molecule has 0 saturated heterocycles. The molecule has 0 fully saturated rings. The number of hydrogen-bond donors (Lipinski definition) is 1. The molecule has 1 N–H and O–H groups in total. The summed E-state index contributed by atoms with van der Waals surface area (Å²) in [6.07, 6.45) is 0. The van der Waals surface area contributed by atoms with E-state index in [-0.39, 0.29) is 12.5 Å². The van der Waals surface area contributed by atoms with Gasteiger partial charge in [-0.25, -0.2) is 0 Å². The minimum Gasteiger partial charge on any atom is -0.392 e. The second kappa shape index (κ2) is 6.38. The number of aliphatic hydroxyl groups is 1. The molecule has 0 radical (unpaired) electrons. The van der Waals surface area contributed by atoms with Crippen LogP contribution in [0.3, 0.4) is 0 Å². The van der Waals surface area contributed by atoms with Crippen molar-refractivity contribution < 1.29 is 9.84 Å². The van der Waals surface area contributed by atoms with Crippen molar-refractivity contribution in [1.82, 2.24) is 0 Å². The summed E-state index contributed by atoms with van der Waals surface area (Å²) in [6.45, 7) is 7.03. The molecule has 1 aromatic carbocycles. The monoisotopic (exact) mass is 206 g/mol. The molecule has 0 aliphatic heterocycles. The topological polar surface area (TPSA) is 29.5 Å². The van der Waals surface area contributed by atoms with Gasteiger partial charge in [-0.2, -0.15) is 0 Å². The second-order valence-electron chi connectivity index (χ2n) is 3.72. The van der Waals surface area contributed by atoms with Gasteiger partial charge < -0.3 is 9.84 Å². The number of hydrogen-bond acceptors (Lipinski definition) is 2. The molecule has 0 amide bonds. The molecule has 0 aliphatic carbocycles. The van der Waals surface area contributed by atoms with E-state index in [0.717, 1.165) is 5.57 Å². The van der Waals surface area contributed by atoms with Crippen molar-refractivity contribution >= 4 is 0 Å². The maximum absolute atomic E-state index is 8.87. The van der Waals surface area contributed by atoms with Gasteiger partial charge in [0.15, 0.2) is 0 Å². The van der Waals surface area contributed by atoms with Gasteiger partial charge in [0.2, 0.25) is 0 Å². The summed E-state index contributed by atoms with van der Waals surface area (Å²) in [5.74, 6) is 0.207. The zero-order valence-corrected chi connectivity index (χ0v) is 9.15. The summed E-state index contributed by atoms with van der Waals surface area (Å²) in [7, 11) is 0. The van der Waals surface area contributed by atoms with E-state index in [0.29, 0.717) is 13.2 Å². The molecular weight excluding hydrogens is 188 g/mol. The third-order valence-electron chi connectivity index (χ3n) is 2.38. The van der Waals surface area contributed by atoms with Crippen LogP contribution in [0.15, 0.2) is 42.5 Å². The van der Waals surface area contributed by atoms with Crippen molar-refractivity contribution in [3.05, 3.63) is 48.0 Å². The van der Waals surface area contributed by atoms with Crippen molar-refractivity contribution in [3.8, 4) is 0 Å². The van der Waals surface area contributed by atoms with Crippen molar-refractivity contribution in [2.24, 2.45) is 5.92 Å². The number of benzene rings is 1. The van der Waals surface area contributed by atoms with E-state index in [1.54, 1.807) is 0 Å². The van der Waals surface area contributed by atoms with E-state index in [1.807, 2.05) is 37.3 Å². The van der Waals surface area contributed by atoms with Gasteiger partial charge in [-0.3, -0.25) is 0 Å². The molecule has 82 valence electrons. The molecule has 0 unspecified atom stereocenters. The van der Waals surface area contributed by atoms with Gasteiger partial charge in [0.05, 0.1) is 19.8 Å². The lowest BCUT2D eigenvalue weighted by atomic mass is 10.1. The Kier molecular flexibility index (Phi) is 5.08. The molecule has 2 heteroatoms. The smallest absolute Gasteiger partial charge is 0.0717 e. The Balaban J connectivity index is 2.25. The number of ether oxygens (including phenoxy) is 1. The third-order valence-corrected chi connectivity index (χ3v) is 2.38. The zero-order valence-electron chi connectivity index (χ0n) is 9.15. The molecule has 1 aromatic rings. The lowest BCUT2D eigenvalue weighted by Gasteiger charge is -2.12. The standard InChI is InChI=1S/C13H18O2/c1-11(8-14)12(2)9-15-10-13-6-4-3-5-7-13/h3-7,12,14H,1,8-10H2,2H3/t12-/m0/s1. The first-order valence-corrected chi connectivity index (χ1v) is 5.14. The Labute approximate surface area is 91.2 Å². The van der Waals surface area contributed by atoms with Crippen LogP contribution >= 0.6 is 0 Å². The normalized spacial score (nSPS) is 12.4. The SMILES string of the molecule is C=C(CO)[C@@H](C)COCc1ccccc1. The zero-order chi connectivity index (χ0) is 11.1. The summed E-state index contributed by atoms with van der Waals surface area (Å²) < 4.78 is 5.53. The summed E-state index contributed by atoms with van der Waals surface area (Å²) in [5, 5.41) is 8.87. The highest BCUT2D eigenvalue weighted by Crippen LogP contribution is 2.09. The Hall–Kier alpha value is -1.12. The molecule has 0 heterocycles. The van der Waals surface area contributed by atoms with Gasteiger partial charge in [-0.1, -0.05) is 43.8 Å². The predicted octanol–water partition coefficient (Wildman–Crippen LogP) is 2.39. The molecule has 0 saturated carbocycles. The lowest BCUT2D eigenvalue weighted by Crippen LogP contribution is -2.10. The van der Waals surface area contributed by atoms with Crippen LogP contribution in [0, 0.1) is 5.92 Å². The maximum atomic E-state index is 8.87. The molecule has 2 nitrogen and oxygen atoms in total. The van der Waals surface area contributed by atoms with Crippen LogP contribution in [-0.2, 0) is 11.3 Å². The highest BCUT2D eigenvalue weighted by Gasteiger charge is 2.05. The minimum atomic E-state index is 0.0376. The number of aliphatic hydroxyl groups excluding tert-OH is 1. The van der Waals surface area contributed by atoms with Crippen LogP contribution < -0.4 is 0 Å². The lowest BCUT2D eigenvalue weighted by molar-refractivity contribution is 0.0980. The summed E-state index contributed by atoms with van der Waals surface area (Å²) in [5.41, 5.74) is 1.99. The third kappa shape index (κ3) is 4.28. The van der Waals surface area contributed by atoms with Gasteiger partial charge >= 0.3 is 0 Å². The Morgan fingerprint density at radius 3 is 2.67 bits per heavy atom. The molecule has 0 bridgehead atoms. The molecule has 15 heavy (non-hydrogen) atoms. The van der Waals surface area contributed by atoms with E-state index < -0.39 is 0 Å². The van der Waals surface area contributed by atoms with Crippen LogP contribution in [0.25, 0.3) is 0 Å². The highest BCUT2D eigenvalue weighted by molar-refractivity contribution is 5.13. The van der Waals surface area contributed by atoms with Gasteiger partial charge in [0, 0.05) is 5.92 Å². The van der Waals surface area contributed by atoms with Crippen molar-refractivity contribution in [2.75, 3.05) is 13.2 Å². The molecule has 1 rings (SSSR count). The second-order valence-corrected chi connectivity index (χ2v) is 3.72. The van der Waals surface area contributed by atoms with Crippen molar-refractivity contribution in [3.63, 3.8) is 0 Å². The molecular formula is C13H18O2. The fraction of sp³-hybridized carbons (Fsp3) is 0.385. The van der Waals surface area contributed by atoms with Crippen LogP contribution in [0.2, 0.25) is 0 Å². The van der Waals surface area contributed by atoms with Crippen LogP contribution in [-0.4, -0.2) is 18.3 Å². The molecule has 1 atom stereocenters. The van der Waals surface area contributed by atoms with E-state index in [9.17, 15) is 0 Å². The fourth-order valence-electron chi connectivity index (χ4n) is 1.20. The van der Waals surface area contributed by atoms with E-state index >= 15 is 0 Å². The van der Waals surface area contributed by atoms with Crippen molar-refractivity contribution in [2.45, 2.75) is 13.5 Å². The Bertz CT molecular complexity index is 293. The predicted molar refractivity (Wildman–Crippen MR) is 61.5 cm³/mol. The Morgan fingerprint density at radius 2 is 2.07 bits per heavy atom. The average Bonchev–Trinajstić information content (AvgIpc) is 2.29. The average molecular weight is 206 g/mol. The van der Waals surface area contributed by atoms with Crippen LogP contribution in [0.5, 0.6) is 0 Å². The largest absolute Gasteiger partial charge is 0.392 e. The summed E-state index contributed by atoms with van der Waals surface area (Å²) >= 11 is 0. The Morgan fingerprint density at radius 1 is 1.40 bits per heavy atom. The first-order valence-electron chi connectivity index (χ1n) is 5.14. The summed E-state index contributed by atoms with van der Waals surface area (Å²) in [6, 6.07) is 10.0. The first kappa shape index (κ1) is 12.0. The number of rotatable bonds is 6. The van der Waals surface area contributed by atoms with Gasteiger partial charge in [-0.15, -0.1) is 0 Å².